The standard InChI is InChI=1S/C34H32N6O3/c1-22-5-3-8-30(36-22)34(43)37-26-7-4-6-23(19-26)32(41)24-9-14-28-29(33(42)38-31(28)20-24)21-35-25-10-12-27(13-11-25)40-17-15-39(2)16-18-40/h3-14,19-21,38,42H,15-18H2,1-2H3,(H,37,43). The van der Waals surface area contributed by atoms with E-state index < -0.39 is 0 Å². The molecule has 2 aromatic heterocycles. The van der Waals surface area contributed by atoms with E-state index in [0.717, 1.165) is 42.9 Å². The Bertz CT molecular complexity index is 1840. The van der Waals surface area contributed by atoms with Crippen molar-refractivity contribution in [3.8, 4) is 5.88 Å². The number of hydrogen-bond donors (Lipinski definition) is 3. The molecule has 1 amide bonds. The molecule has 216 valence electrons. The average molecular weight is 573 g/mol. The number of aliphatic imine (C=N–C) groups is 1. The van der Waals surface area contributed by atoms with Crippen molar-refractivity contribution in [1.29, 1.82) is 0 Å². The van der Waals surface area contributed by atoms with Gasteiger partial charge in [-0.05, 0) is 68.6 Å². The number of amides is 1. The van der Waals surface area contributed by atoms with Crippen LogP contribution in [0, 0.1) is 6.92 Å². The van der Waals surface area contributed by atoms with Crippen LogP contribution in [0.25, 0.3) is 10.9 Å². The molecule has 0 spiro atoms. The van der Waals surface area contributed by atoms with Gasteiger partial charge in [-0.15, -0.1) is 0 Å². The Balaban J connectivity index is 1.17. The smallest absolute Gasteiger partial charge is 0.274 e. The average Bonchev–Trinajstić information content (AvgIpc) is 3.34. The summed E-state index contributed by atoms with van der Waals surface area (Å²) in [7, 11) is 2.14. The Kier molecular flexibility index (Phi) is 7.72. The number of nitrogens with zero attached hydrogens (tertiary/aromatic N) is 4. The fourth-order valence-electron chi connectivity index (χ4n) is 5.20. The van der Waals surface area contributed by atoms with Crippen molar-refractivity contribution >= 4 is 45.9 Å². The molecule has 0 saturated carbocycles. The second-order valence-electron chi connectivity index (χ2n) is 10.7. The van der Waals surface area contributed by atoms with Crippen LogP contribution in [0.3, 0.4) is 0 Å². The number of aromatic amines is 1. The lowest BCUT2D eigenvalue weighted by Gasteiger charge is -2.34. The van der Waals surface area contributed by atoms with Crippen molar-refractivity contribution in [1.82, 2.24) is 14.9 Å². The highest BCUT2D eigenvalue weighted by atomic mass is 16.3. The van der Waals surface area contributed by atoms with Gasteiger partial charge in [-0.3, -0.25) is 14.6 Å². The quantitative estimate of drug-likeness (QED) is 0.174. The molecule has 9 nitrogen and oxygen atoms in total. The maximum atomic E-state index is 13.4. The predicted molar refractivity (Wildman–Crippen MR) is 170 cm³/mol. The number of piperazine rings is 1. The number of hydrogen-bond acceptors (Lipinski definition) is 7. The van der Waals surface area contributed by atoms with Gasteiger partial charge in [0.1, 0.15) is 5.69 Å². The van der Waals surface area contributed by atoms with Gasteiger partial charge in [0.15, 0.2) is 11.7 Å². The Morgan fingerprint density at radius 3 is 2.44 bits per heavy atom. The summed E-state index contributed by atoms with van der Waals surface area (Å²) in [6.07, 6.45) is 1.63. The maximum Gasteiger partial charge on any atom is 0.274 e. The predicted octanol–water partition coefficient (Wildman–Crippen LogP) is 5.56. The highest BCUT2D eigenvalue weighted by Crippen LogP contribution is 2.29. The number of aromatic nitrogens is 2. The minimum Gasteiger partial charge on any atom is -0.494 e. The number of rotatable bonds is 7. The zero-order valence-electron chi connectivity index (χ0n) is 24.0. The molecule has 1 aliphatic heterocycles. The van der Waals surface area contributed by atoms with E-state index in [1.165, 1.54) is 5.69 Å². The van der Waals surface area contributed by atoms with Crippen LogP contribution < -0.4 is 10.2 Å². The largest absolute Gasteiger partial charge is 0.494 e. The molecule has 43 heavy (non-hydrogen) atoms. The van der Waals surface area contributed by atoms with E-state index in [1.807, 2.05) is 25.1 Å². The maximum absolute atomic E-state index is 13.4. The summed E-state index contributed by atoms with van der Waals surface area (Å²) in [5, 5.41) is 14.2. The second kappa shape index (κ2) is 11.9. The first-order chi connectivity index (χ1) is 20.8. The molecule has 5 aromatic rings. The molecule has 9 heteroatoms. The molecule has 6 rings (SSSR count). The summed E-state index contributed by atoms with van der Waals surface area (Å²) in [5.41, 5.74) is 5.53. The number of aromatic hydroxyl groups is 1. The number of H-pyrrole nitrogens is 1. The molecule has 3 heterocycles. The topological polar surface area (TPSA) is 114 Å². The van der Waals surface area contributed by atoms with E-state index in [1.54, 1.807) is 60.8 Å². The summed E-state index contributed by atoms with van der Waals surface area (Å²) >= 11 is 0. The number of aryl methyl sites for hydroxylation is 1. The van der Waals surface area contributed by atoms with Crippen LogP contribution in [-0.4, -0.2) is 71.1 Å². The second-order valence-corrected chi connectivity index (χ2v) is 10.7. The normalized spacial score (nSPS) is 14.0. The minimum absolute atomic E-state index is 0.0214. The van der Waals surface area contributed by atoms with Crippen LogP contribution >= 0.6 is 0 Å². The molecule has 3 N–H and O–H groups in total. The van der Waals surface area contributed by atoms with Gasteiger partial charge in [0, 0.05) is 71.5 Å². The fourth-order valence-corrected chi connectivity index (χ4v) is 5.20. The molecule has 0 aliphatic carbocycles. The van der Waals surface area contributed by atoms with Crippen molar-refractivity contribution in [3.63, 3.8) is 0 Å². The highest BCUT2D eigenvalue weighted by Gasteiger charge is 2.16. The number of benzene rings is 3. The van der Waals surface area contributed by atoms with E-state index in [-0.39, 0.29) is 17.6 Å². The summed E-state index contributed by atoms with van der Waals surface area (Å²) in [6.45, 7) is 5.91. The molecular weight excluding hydrogens is 540 g/mol. The number of carbonyl (C=O) groups excluding carboxylic acids is 2. The number of nitrogens with one attached hydrogen (secondary N) is 2. The Morgan fingerprint density at radius 2 is 1.67 bits per heavy atom. The summed E-state index contributed by atoms with van der Waals surface area (Å²) in [6, 6.07) is 25.3. The fraction of sp³-hybridized carbons (Fsp3) is 0.176. The molecule has 1 fully saturated rings. The Hall–Kier alpha value is -5.28. The van der Waals surface area contributed by atoms with E-state index in [9.17, 15) is 14.7 Å². The molecular formula is C34H32N6O3. The van der Waals surface area contributed by atoms with Crippen LogP contribution in [0.4, 0.5) is 17.1 Å². The third-order valence-corrected chi connectivity index (χ3v) is 7.64. The zero-order chi connectivity index (χ0) is 29.9. The summed E-state index contributed by atoms with van der Waals surface area (Å²) in [5.74, 6) is -0.583. The van der Waals surface area contributed by atoms with Crippen LogP contribution in [0.15, 0.2) is 89.9 Å². The van der Waals surface area contributed by atoms with Crippen molar-refractivity contribution in [3.05, 3.63) is 113 Å². The summed E-state index contributed by atoms with van der Waals surface area (Å²) in [4.78, 5) is 42.5. The van der Waals surface area contributed by atoms with Crippen LogP contribution in [0.5, 0.6) is 5.88 Å². The van der Waals surface area contributed by atoms with Crippen LogP contribution in [-0.2, 0) is 0 Å². The summed E-state index contributed by atoms with van der Waals surface area (Å²) < 4.78 is 0. The van der Waals surface area contributed by atoms with E-state index in [2.05, 4.69) is 49.3 Å². The lowest BCUT2D eigenvalue weighted by molar-refractivity contribution is 0.101. The highest BCUT2D eigenvalue weighted by molar-refractivity contribution is 6.13. The zero-order valence-corrected chi connectivity index (χ0v) is 24.0. The van der Waals surface area contributed by atoms with Gasteiger partial charge in [0.2, 0.25) is 0 Å². The number of carbonyl (C=O) groups is 2. The first-order valence-corrected chi connectivity index (χ1v) is 14.2. The lowest BCUT2D eigenvalue weighted by Crippen LogP contribution is -2.44. The van der Waals surface area contributed by atoms with Gasteiger partial charge >= 0.3 is 0 Å². The monoisotopic (exact) mass is 572 g/mol. The molecule has 0 radical (unpaired) electrons. The van der Waals surface area contributed by atoms with Gasteiger partial charge in [0.05, 0.1) is 11.3 Å². The Labute approximate surface area is 249 Å². The van der Waals surface area contributed by atoms with Gasteiger partial charge in [-0.1, -0.05) is 30.3 Å². The molecule has 0 unspecified atom stereocenters. The van der Waals surface area contributed by atoms with Crippen molar-refractivity contribution < 1.29 is 14.7 Å². The van der Waals surface area contributed by atoms with Gasteiger partial charge in [0.25, 0.3) is 5.91 Å². The van der Waals surface area contributed by atoms with Crippen molar-refractivity contribution in [2.24, 2.45) is 4.99 Å². The SMILES string of the molecule is Cc1cccc(C(=O)Nc2cccc(C(=O)c3ccc4c(C=Nc5ccc(N6CCN(C)CC6)cc5)c(O)[nH]c4c3)c2)n1. The van der Waals surface area contributed by atoms with Crippen LogP contribution in [0.1, 0.15) is 37.7 Å². The van der Waals surface area contributed by atoms with Crippen molar-refractivity contribution in [2.75, 3.05) is 43.4 Å². The first-order valence-electron chi connectivity index (χ1n) is 14.2. The number of ketones is 1. The number of fused-ring (bicyclic) bond motifs is 1. The third kappa shape index (κ3) is 6.17. The number of pyridine rings is 1. The van der Waals surface area contributed by atoms with E-state index >= 15 is 0 Å². The van der Waals surface area contributed by atoms with E-state index in [0.29, 0.717) is 33.6 Å². The molecule has 1 aliphatic rings. The molecule has 0 bridgehead atoms. The first kappa shape index (κ1) is 27.9. The van der Waals surface area contributed by atoms with Gasteiger partial charge in [-0.2, -0.15) is 0 Å². The van der Waals surface area contributed by atoms with Gasteiger partial charge in [-0.25, -0.2) is 4.98 Å². The molecule has 3 aromatic carbocycles. The van der Waals surface area contributed by atoms with Gasteiger partial charge < -0.3 is 25.2 Å². The van der Waals surface area contributed by atoms with E-state index in [4.69, 9.17) is 0 Å². The molecule has 0 atom stereocenters. The van der Waals surface area contributed by atoms with Crippen LogP contribution in [0.2, 0.25) is 0 Å². The van der Waals surface area contributed by atoms with Crippen molar-refractivity contribution in [2.45, 2.75) is 6.92 Å². The Morgan fingerprint density at radius 1 is 0.930 bits per heavy atom. The number of likely N-dealkylation sites (N-methyl/N-ethyl adjacent to an activating group) is 1. The minimum atomic E-state index is -0.350. The lowest BCUT2D eigenvalue weighted by atomic mass is 10.0. The molecule has 1 saturated heterocycles. The number of anilines is 2. The third-order valence-electron chi connectivity index (χ3n) is 7.64.